The highest BCUT2D eigenvalue weighted by molar-refractivity contribution is 6.31. The largest absolute Gasteiger partial charge is 0.481 e. The first-order valence-electron chi connectivity index (χ1n) is 14.6. The molecule has 0 saturated carbocycles. The molecule has 0 spiro atoms. The molecule has 7 nitrogen and oxygen atoms in total. The lowest BCUT2D eigenvalue weighted by Crippen LogP contribution is -2.49. The molecule has 236 valence electrons. The molecule has 1 aromatic heterocycles. The molecule has 2 unspecified atom stereocenters. The van der Waals surface area contributed by atoms with Crippen molar-refractivity contribution < 1.29 is 27.9 Å². The fraction of sp³-hybridized carbons (Fsp3) is 0.424. The van der Waals surface area contributed by atoms with E-state index in [1.807, 2.05) is 50.8 Å². The van der Waals surface area contributed by atoms with Gasteiger partial charge in [0, 0.05) is 31.4 Å². The number of alkyl halides is 1. The fourth-order valence-electron chi connectivity index (χ4n) is 5.72. The first kappa shape index (κ1) is 33.3. The van der Waals surface area contributed by atoms with Gasteiger partial charge in [-0.25, -0.2) is 13.2 Å². The minimum absolute atomic E-state index is 0.121. The van der Waals surface area contributed by atoms with Crippen LogP contribution in [0.4, 0.5) is 13.2 Å². The number of carboxylic acid groups (broad SMARTS) is 1. The lowest BCUT2D eigenvalue weighted by Gasteiger charge is -2.34. The maximum absolute atomic E-state index is 15.6. The van der Waals surface area contributed by atoms with Crippen molar-refractivity contribution >= 4 is 23.5 Å². The molecule has 1 aliphatic heterocycles. The summed E-state index contributed by atoms with van der Waals surface area (Å²) in [6.45, 7) is 8.46. The summed E-state index contributed by atoms with van der Waals surface area (Å²) in [5.74, 6) is -4.10. The number of hydrogen-bond donors (Lipinski definition) is 2. The van der Waals surface area contributed by atoms with Crippen LogP contribution in [0.2, 0.25) is 5.02 Å². The maximum Gasteiger partial charge on any atom is 0.305 e. The second-order valence-corrected chi connectivity index (χ2v) is 12.4. The van der Waals surface area contributed by atoms with E-state index in [0.717, 1.165) is 27.3 Å². The van der Waals surface area contributed by atoms with Crippen molar-refractivity contribution in [1.29, 1.82) is 0 Å². The summed E-state index contributed by atoms with van der Waals surface area (Å²) >= 11 is 6.30. The van der Waals surface area contributed by atoms with Crippen LogP contribution in [-0.4, -0.2) is 52.3 Å². The van der Waals surface area contributed by atoms with Crippen molar-refractivity contribution in [1.82, 2.24) is 14.8 Å². The maximum atomic E-state index is 15.6. The van der Waals surface area contributed by atoms with E-state index in [9.17, 15) is 28.3 Å². The topological polar surface area (TPSA) is 91.6 Å². The lowest BCUT2D eigenvalue weighted by molar-refractivity contribution is -0.138. The first-order valence-corrected chi connectivity index (χ1v) is 15.0. The number of halogens is 4. The third kappa shape index (κ3) is 7.71. The summed E-state index contributed by atoms with van der Waals surface area (Å²) in [6, 6.07) is 7.14. The Balaban J connectivity index is 1.71. The molecule has 2 aromatic carbocycles. The highest BCUT2D eigenvalue weighted by atomic mass is 35.5. The summed E-state index contributed by atoms with van der Waals surface area (Å²) in [6.07, 6.45) is 0.306. The van der Waals surface area contributed by atoms with Gasteiger partial charge in [0.25, 0.3) is 5.56 Å². The minimum atomic E-state index is -1.35. The number of carbonyl (C=O) groups is 2. The minimum Gasteiger partial charge on any atom is -0.481 e. The SMILES string of the molecule is Cc1cccc(C)c1-c1cc(Cl)c(F)c(C(CC(=O)O)NC(=O)C(CC(C)C)n2cc(CCN3CC(F)C3)cc(F)c2=O)c1. The van der Waals surface area contributed by atoms with Crippen LogP contribution >= 0.6 is 11.6 Å². The van der Waals surface area contributed by atoms with Crippen LogP contribution in [0.5, 0.6) is 0 Å². The summed E-state index contributed by atoms with van der Waals surface area (Å²) in [4.78, 5) is 40.6. The highest BCUT2D eigenvalue weighted by Crippen LogP contribution is 2.35. The zero-order valence-electron chi connectivity index (χ0n) is 25.2. The van der Waals surface area contributed by atoms with Gasteiger partial charge in [0.15, 0.2) is 5.82 Å². The van der Waals surface area contributed by atoms with Crippen LogP contribution < -0.4 is 10.9 Å². The van der Waals surface area contributed by atoms with E-state index in [-0.39, 0.29) is 36.0 Å². The Morgan fingerprint density at radius 1 is 1.11 bits per heavy atom. The molecule has 2 heterocycles. The van der Waals surface area contributed by atoms with Gasteiger partial charge in [0.1, 0.15) is 18.0 Å². The number of rotatable bonds is 12. The predicted molar refractivity (Wildman–Crippen MR) is 164 cm³/mol. The number of nitrogens with zero attached hydrogens (tertiary/aromatic N) is 2. The zero-order valence-corrected chi connectivity index (χ0v) is 25.9. The van der Waals surface area contributed by atoms with Gasteiger partial charge in [-0.3, -0.25) is 19.3 Å². The van der Waals surface area contributed by atoms with Crippen molar-refractivity contribution in [2.75, 3.05) is 19.6 Å². The monoisotopic (exact) mass is 631 g/mol. The van der Waals surface area contributed by atoms with Gasteiger partial charge < -0.3 is 15.0 Å². The average molecular weight is 632 g/mol. The normalized spacial score (nSPS) is 15.2. The summed E-state index contributed by atoms with van der Waals surface area (Å²) in [7, 11) is 0. The fourth-order valence-corrected chi connectivity index (χ4v) is 5.95. The number of carboxylic acids is 1. The van der Waals surface area contributed by atoms with Gasteiger partial charge in [-0.2, -0.15) is 0 Å². The van der Waals surface area contributed by atoms with Gasteiger partial charge in [-0.05, 0) is 78.6 Å². The number of aromatic nitrogens is 1. The van der Waals surface area contributed by atoms with E-state index in [2.05, 4.69) is 5.32 Å². The van der Waals surface area contributed by atoms with Crippen LogP contribution in [0, 0.1) is 31.4 Å². The van der Waals surface area contributed by atoms with E-state index in [1.54, 1.807) is 0 Å². The second kappa shape index (κ2) is 14.0. The van der Waals surface area contributed by atoms with Crippen molar-refractivity contribution in [2.45, 2.75) is 65.2 Å². The molecule has 4 rings (SSSR count). The summed E-state index contributed by atoms with van der Waals surface area (Å²) in [5, 5.41) is 12.1. The summed E-state index contributed by atoms with van der Waals surface area (Å²) in [5.41, 5.74) is 2.46. The van der Waals surface area contributed by atoms with Gasteiger partial charge >= 0.3 is 5.97 Å². The average Bonchev–Trinajstić information content (AvgIpc) is 2.92. The van der Waals surface area contributed by atoms with Gasteiger partial charge in [0.05, 0.1) is 17.5 Å². The molecule has 0 bridgehead atoms. The van der Waals surface area contributed by atoms with Crippen molar-refractivity contribution in [2.24, 2.45) is 5.92 Å². The number of pyridine rings is 1. The van der Waals surface area contributed by atoms with E-state index < -0.39 is 53.7 Å². The Morgan fingerprint density at radius 2 is 1.77 bits per heavy atom. The van der Waals surface area contributed by atoms with Gasteiger partial charge in [0.2, 0.25) is 5.91 Å². The van der Waals surface area contributed by atoms with Crippen molar-refractivity contribution in [3.8, 4) is 11.1 Å². The standard InChI is InChI=1S/C33H37ClF3N3O4/c1-18(2)10-28(40-15-21(11-26(36)33(40)44)8-9-39-16-23(35)17-39)32(43)38-27(14-29(41)42)24-12-22(13-25(34)31(24)37)30-19(3)6-5-7-20(30)4/h5-7,11-13,15,18,23,27-28H,8-10,14,16-17H2,1-4H3,(H,38,43)(H,41,42). The Hall–Kier alpha value is -3.63. The molecule has 11 heteroatoms. The number of aryl methyl sites for hydroxylation is 2. The molecular formula is C33H37ClF3N3O4. The van der Waals surface area contributed by atoms with Crippen LogP contribution in [0.1, 0.15) is 61.0 Å². The van der Waals surface area contributed by atoms with Crippen LogP contribution in [0.3, 0.4) is 0 Å². The molecule has 2 atom stereocenters. The number of amides is 1. The molecular weight excluding hydrogens is 595 g/mol. The van der Waals surface area contributed by atoms with E-state index in [1.165, 1.54) is 18.3 Å². The third-order valence-corrected chi connectivity index (χ3v) is 8.19. The Kier molecular flexibility index (Phi) is 10.6. The van der Waals surface area contributed by atoms with Gasteiger partial charge in [-0.1, -0.05) is 43.6 Å². The van der Waals surface area contributed by atoms with Crippen LogP contribution in [-0.2, 0) is 16.0 Å². The molecule has 0 aliphatic carbocycles. The number of likely N-dealkylation sites (tertiary alicyclic amines) is 1. The Bertz CT molecular complexity index is 1580. The number of nitrogens with one attached hydrogen (secondary N) is 1. The molecule has 1 amide bonds. The molecule has 0 radical (unpaired) electrons. The predicted octanol–water partition coefficient (Wildman–Crippen LogP) is 6.18. The number of aliphatic carboxylic acids is 1. The van der Waals surface area contributed by atoms with Crippen molar-refractivity contribution in [3.63, 3.8) is 0 Å². The number of benzene rings is 2. The van der Waals surface area contributed by atoms with E-state index in [0.29, 0.717) is 24.1 Å². The first-order chi connectivity index (χ1) is 20.7. The molecule has 44 heavy (non-hydrogen) atoms. The Labute approximate surface area is 259 Å². The quantitative estimate of drug-likeness (QED) is 0.249. The molecule has 3 aromatic rings. The summed E-state index contributed by atoms with van der Waals surface area (Å²) < 4.78 is 44.7. The van der Waals surface area contributed by atoms with Crippen LogP contribution in [0.25, 0.3) is 11.1 Å². The van der Waals surface area contributed by atoms with Crippen LogP contribution in [0.15, 0.2) is 47.4 Å². The van der Waals surface area contributed by atoms with E-state index >= 15 is 4.39 Å². The third-order valence-electron chi connectivity index (χ3n) is 7.92. The number of hydrogen-bond acceptors (Lipinski definition) is 4. The molecule has 1 aliphatic rings. The second-order valence-electron chi connectivity index (χ2n) is 11.9. The lowest BCUT2D eigenvalue weighted by atomic mass is 9.92. The van der Waals surface area contributed by atoms with Crippen molar-refractivity contribution in [3.05, 3.63) is 91.9 Å². The Morgan fingerprint density at radius 3 is 2.36 bits per heavy atom. The molecule has 2 N–H and O–H groups in total. The molecule has 1 saturated heterocycles. The number of carbonyl (C=O) groups excluding carboxylic acids is 1. The highest BCUT2D eigenvalue weighted by Gasteiger charge is 2.30. The van der Waals surface area contributed by atoms with Gasteiger partial charge in [-0.15, -0.1) is 0 Å². The smallest absolute Gasteiger partial charge is 0.305 e. The van der Waals surface area contributed by atoms with E-state index in [4.69, 9.17) is 11.6 Å². The zero-order chi connectivity index (χ0) is 32.3. The molecule has 1 fully saturated rings.